The smallest absolute Gasteiger partial charge is 0.327 e. The van der Waals surface area contributed by atoms with Crippen LogP contribution >= 0.6 is 0 Å². The standard InChI is InChI=1S/C7H6FN3O.C6H8FN3/c1-11-5-2-4(8)3-9-6(5)10-7(11)12;1-9-5-2-4(7)3-10-6(5)8/h2-3H,1H3,(H,9,10,12);2-3,9H,1H3,(H2,8,10). The van der Waals surface area contributed by atoms with E-state index in [0.29, 0.717) is 22.7 Å². The summed E-state index contributed by atoms with van der Waals surface area (Å²) >= 11 is 0. The summed E-state index contributed by atoms with van der Waals surface area (Å²) in [5.41, 5.74) is 6.46. The molecule has 3 rings (SSSR count). The molecule has 0 spiro atoms. The monoisotopic (exact) mass is 308 g/mol. The lowest BCUT2D eigenvalue weighted by Gasteiger charge is -2.01. The van der Waals surface area contributed by atoms with Gasteiger partial charge in [-0.2, -0.15) is 0 Å². The van der Waals surface area contributed by atoms with Crippen molar-refractivity contribution in [1.82, 2.24) is 19.5 Å². The van der Waals surface area contributed by atoms with Crippen molar-refractivity contribution in [2.75, 3.05) is 18.1 Å². The SMILES string of the molecule is CNc1cc(F)cnc1N.Cn1c(=O)[nH]c2ncc(F)cc21. The highest BCUT2D eigenvalue weighted by molar-refractivity contribution is 5.70. The summed E-state index contributed by atoms with van der Waals surface area (Å²) < 4.78 is 26.3. The molecule has 116 valence electrons. The Morgan fingerprint density at radius 2 is 1.86 bits per heavy atom. The Bertz CT molecular complexity index is 857. The van der Waals surface area contributed by atoms with Crippen molar-refractivity contribution in [2.24, 2.45) is 7.05 Å². The number of halogens is 2. The first kappa shape index (κ1) is 15.4. The lowest BCUT2D eigenvalue weighted by Crippen LogP contribution is -2.11. The van der Waals surface area contributed by atoms with Gasteiger partial charge in [0.05, 0.1) is 23.6 Å². The van der Waals surface area contributed by atoms with Crippen molar-refractivity contribution in [1.29, 1.82) is 0 Å². The lowest BCUT2D eigenvalue weighted by molar-refractivity contribution is 0.622. The molecule has 0 saturated carbocycles. The number of aromatic nitrogens is 4. The maximum Gasteiger partial charge on any atom is 0.327 e. The van der Waals surface area contributed by atoms with E-state index in [0.717, 1.165) is 12.4 Å². The van der Waals surface area contributed by atoms with Gasteiger partial charge < -0.3 is 11.1 Å². The maximum absolute atomic E-state index is 12.6. The number of nitrogens with zero attached hydrogens (tertiary/aromatic N) is 3. The first-order valence-corrected chi connectivity index (χ1v) is 6.21. The molecule has 0 fully saturated rings. The largest absolute Gasteiger partial charge is 0.385 e. The molecule has 4 N–H and O–H groups in total. The van der Waals surface area contributed by atoms with Crippen LogP contribution in [0.1, 0.15) is 0 Å². The van der Waals surface area contributed by atoms with Crippen molar-refractivity contribution >= 4 is 22.7 Å². The Labute approximate surface area is 123 Å². The summed E-state index contributed by atoms with van der Waals surface area (Å²) in [6.45, 7) is 0. The number of nitrogens with one attached hydrogen (secondary N) is 2. The van der Waals surface area contributed by atoms with Gasteiger partial charge in [-0.25, -0.2) is 23.5 Å². The number of hydrogen-bond donors (Lipinski definition) is 3. The molecular formula is C13H14F2N6O. The quantitative estimate of drug-likeness (QED) is 0.628. The minimum Gasteiger partial charge on any atom is -0.385 e. The molecule has 7 nitrogen and oxygen atoms in total. The van der Waals surface area contributed by atoms with Crippen molar-refractivity contribution in [2.45, 2.75) is 0 Å². The fourth-order valence-electron chi connectivity index (χ4n) is 1.73. The number of imidazole rings is 1. The van der Waals surface area contributed by atoms with Crippen LogP contribution in [0.4, 0.5) is 20.3 Å². The summed E-state index contributed by atoms with van der Waals surface area (Å²) in [5.74, 6) is -0.528. The van der Waals surface area contributed by atoms with Gasteiger partial charge in [0.15, 0.2) is 5.65 Å². The molecule has 0 atom stereocenters. The van der Waals surface area contributed by atoms with E-state index in [1.807, 2.05) is 0 Å². The molecule has 22 heavy (non-hydrogen) atoms. The van der Waals surface area contributed by atoms with Crippen LogP contribution in [-0.4, -0.2) is 26.6 Å². The van der Waals surface area contributed by atoms with Gasteiger partial charge in [-0.05, 0) is 0 Å². The van der Waals surface area contributed by atoms with Crippen molar-refractivity contribution in [3.05, 3.63) is 46.6 Å². The molecular weight excluding hydrogens is 294 g/mol. The molecule has 0 saturated heterocycles. The summed E-state index contributed by atoms with van der Waals surface area (Å²) in [5, 5.41) is 2.71. The van der Waals surface area contributed by atoms with Crippen LogP contribution in [0.5, 0.6) is 0 Å². The van der Waals surface area contributed by atoms with Gasteiger partial charge in [0, 0.05) is 26.2 Å². The van der Waals surface area contributed by atoms with Gasteiger partial charge in [-0.15, -0.1) is 0 Å². The number of hydrogen-bond acceptors (Lipinski definition) is 5. The third-order valence-electron chi connectivity index (χ3n) is 2.88. The van der Waals surface area contributed by atoms with E-state index in [9.17, 15) is 13.6 Å². The molecule has 0 unspecified atom stereocenters. The van der Waals surface area contributed by atoms with E-state index < -0.39 is 11.6 Å². The van der Waals surface area contributed by atoms with Gasteiger partial charge in [-0.1, -0.05) is 0 Å². The van der Waals surface area contributed by atoms with E-state index in [1.165, 1.54) is 16.7 Å². The summed E-state index contributed by atoms with van der Waals surface area (Å²) in [7, 11) is 3.22. The van der Waals surface area contributed by atoms with Gasteiger partial charge in [0.2, 0.25) is 0 Å². The second kappa shape index (κ2) is 6.20. The Morgan fingerprint density at radius 3 is 2.50 bits per heavy atom. The molecule has 0 bridgehead atoms. The van der Waals surface area contributed by atoms with Crippen LogP contribution in [0.3, 0.4) is 0 Å². The highest BCUT2D eigenvalue weighted by Crippen LogP contribution is 2.14. The molecule has 0 aromatic carbocycles. The molecule has 3 aromatic heterocycles. The van der Waals surface area contributed by atoms with Crippen LogP contribution in [0.25, 0.3) is 11.2 Å². The molecule has 3 heterocycles. The van der Waals surface area contributed by atoms with Crippen LogP contribution in [0, 0.1) is 11.6 Å². The van der Waals surface area contributed by atoms with E-state index in [2.05, 4.69) is 20.3 Å². The predicted octanol–water partition coefficient (Wildman–Crippen LogP) is 1.25. The average molecular weight is 308 g/mol. The lowest BCUT2D eigenvalue weighted by atomic mass is 10.4. The Morgan fingerprint density at radius 1 is 1.23 bits per heavy atom. The number of anilines is 2. The number of pyridine rings is 2. The Kier molecular flexibility index (Phi) is 4.35. The zero-order chi connectivity index (χ0) is 16.3. The summed E-state index contributed by atoms with van der Waals surface area (Å²) in [6, 6.07) is 2.56. The van der Waals surface area contributed by atoms with E-state index in [-0.39, 0.29) is 5.69 Å². The molecule has 3 aromatic rings. The summed E-state index contributed by atoms with van der Waals surface area (Å²) in [4.78, 5) is 20.8. The molecule has 0 amide bonds. The molecule has 0 aliphatic heterocycles. The van der Waals surface area contributed by atoms with Crippen LogP contribution in [0.2, 0.25) is 0 Å². The van der Waals surface area contributed by atoms with Crippen LogP contribution < -0.4 is 16.7 Å². The fourth-order valence-corrected chi connectivity index (χ4v) is 1.73. The zero-order valence-corrected chi connectivity index (χ0v) is 11.9. The number of H-pyrrole nitrogens is 1. The normalized spacial score (nSPS) is 10.2. The minimum atomic E-state index is -0.447. The summed E-state index contributed by atoms with van der Waals surface area (Å²) in [6.07, 6.45) is 2.15. The van der Waals surface area contributed by atoms with Crippen molar-refractivity contribution in [3.8, 4) is 0 Å². The number of aromatic amines is 1. The Balaban J connectivity index is 0.000000164. The third kappa shape index (κ3) is 3.19. The predicted molar refractivity (Wildman–Crippen MR) is 79.4 cm³/mol. The highest BCUT2D eigenvalue weighted by atomic mass is 19.1. The molecule has 0 aliphatic carbocycles. The van der Waals surface area contributed by atoms with E-state index in [1.54, 1.807) is 14.1 Å². The third-order valence-corrected chi connectivity index (χ3v) is 2.88. The topological polar surface area (TPSA) is 102 Å². The number of rotatable bonds is 1. The number of aryl methyl sites for hydroxylation is 1. The maximum atomic E-state index is 12.6. The van der Waals surface area contributed by atoms with Crippen molar-refractivity contribution in [3.63, 3.8) is 0 Å². The van der Waals surface area contributed by atoms with Crippen molar-refractivity contribution < 1.29 is 8.78 Å². The Hall–Kier alpha value is -2.97. The van der Waals surface area contributed by atoms with E-state index in [4.69, 9.17) is 5.73 Å². The first-order chi connectivity index (χ1) is 10.4. The van der Waals surface area contributed by atoms with Gasteiger partial charge in [-0.3, -0.25) is 9.55 Å². The molecule has 9 heteroatoms. The van der Waals surface area contributed by atoms with Crippen LogP contribution in [0.15, 0.2) is 29.3 Å². The first-order valence-electron chi connectivity index (χ1n) is 6.21. The zero-order valence-electron chi connectivity index (χ0n) is 11.9. The number of nitrogen functional groups attached to an aromatic ring is 1. The van der Waals surface area contributed by atoms with Crippen LogP contribution in [-0.2, 0) is 7.05 Å². The van der Waals surface area contributed by atoms with Gasteiger partial charge in [0.1, 0.15) is 17.5 Å². The number of nitrogens with two attached hydrogens (primary N) is 1. The minimum absolute atomic E-state index is 0.289. The second-order valence-corrected chi connectivity index (χ2v) is 4.35. The fraction of sp³-hybridized carbons (Fsp3) is 0.154. The number of fused-ring (bicyclic) bond motifs is 1. The molecule has 0 radical (unpaired) electrons. The second-order valence-electron chi connectivity index (χ2n) is 4.35. The van der Waals surface area contributed by atoms with E-state index >= 15 is 0 Å². The highest BCUT2D eigenvalue weighted by Gasteiger charge is 2.04. The average Bonchev–Trinajstić information content (AvgIpc) is 2.77. The molecule has 0 aliphatic rings. The van der Waals surface area contributed by atoms with Gasteiger partial charge >= 0.3 is 5.69 Å². The van der Waals surface area contributed by atoms with Gasteiger partial charge in [0.25, 0.3) is 0 Å².